The van der Waals surface area contributed by atoms with Crippen LogP contribution >= 0.6 is 0 Å². The van der Waals surface area contributed by atoms with E-state index in [0.29, 0.717) is 0 Å². The predicted octanol–water partition coefficient (Wildman–Crippen LogP) is 1.31. The highest BCUT2D eigenvalue weighted by atomic mass is 16.5. The molecule has 0 saturated carbocycles. The summed E-state index contributed by atoms with van der Waals surface area (Å²) in [7, 11) is 0. The molecular weight excluding hydrogens is 178 g/mol. The van der Waals surface area contributed by atoms with Crippen molar-refractivity contribution < 1.29 is 9.84 Å². The molecule has 0 aromatic heterocycles. The van der Waals surface area contributed by atoms with Crippen molar-refractivity contribution in [1.82, 2.24) is 5.32 Å². The number of unbranched alkanes of at least 4 members (excludes halogenated alkanes) is 2. The monoisotopic (exact) mass is 201 g/mol. The van der Waals surface area contributed by atoms with Crippen LogP contribution < -0.4 is 5.32 Å². The summed E-state index contributed by atoms with van der Waals surface area (Å²) in [4.78, 5) is 0. The van der Waals surface area contributed by atoms with Gasteiger partial charge in [0.2, 0.25) is 0 Å². The smallest absolute Gasteiger partial charge is 0.0828 e. The highest BCUT2D eigenvalue weighted by molar-refractivity contribution is 4.86. The topological polar surface area (TPSA) is 41.5 Å². The summed E-state index contributed by atoms with van der Waals surface area (Å²) in [5.41, 5.74) is -0.0812. The normalized spacial score (nSPS) is 27.9. The van der Waals surface area contributed by atoms with E-state index in [1.54, 1.807) is 0 Å². The molecule has 0 radical (unpaired) electrons. The van der Waals surface area contributed by atoms with Gasteiger partial charge in [-0.3, -0.25) is 0 Å². The van der Waals surface area contributed by atoms with Gasteiger partial charge in [0.15, 0.2) is 0 Å². The number of aliphatic hydroxyl groups is 1. The molecule has 3 heteroatoms. The van der Waals surface area contributed by atoms with Crippen LogP contribution in [0.4, 0.5) is 0 Å². The Bertz CT molecular complexity index is 139. The Morgan fingerprint density at radius 2 is 2.21 bits per heavy atom. The van der Waals surface area contributed by atoms with Gasteiger partial charge < -0.3 is 15.2 Å². The lowest BCUT2D eigenvalue weighted by atomic mass is 9.91. The highest BCUT2D eigenvalue weighted by Gasteiger charge is 2.31. The van der Waals surface area contributed by atoms with E-state index < -0.39 is 0 Å². The van der Waals surface area contributed by atoms with E-state index in [1.807, 2.05) is 0 Å². The van der Waals surface area contributed by atoms with Crippen molar-refractivity contribution in [3.05, 3.63) is 0 Å². The van der Waals surface area contributed by atoms with Crippen LogP contribution in [0.1, 0.15) is 39.0 Å². The fourth-order valence-corrected chi connectivity index (χ4v) is 2.05. The molecule has 84 valence electrons. The molecule has 1 aliphatic rings. The van der Waals surface area contributed by atoms with Crippen LogP contribution in [0.5, 0.6) is 0 Å². The van der Waals surface area contributed by atoms with E-state index in [-0.39, 0.29) is 12.2 Å². The van der Waals surface area contributed by atoms with Gasteiger partial charge in [-0.25, -0.2) is 0 Å². The Hall–Kier alpha value is -0.120. The number of rotatable bonds is 6. The summed E-state index contributed by atoms with van der Waals surface area (Å²) < 4.78 is 5.83. The maximum Gasteiger partial charge on any atom is 0.0828 e. The molecule has 3 nitrogen and oxygen atoms in total. The Kier molecular flexibility index (Phi) is 5.45. The molecule has 0 aliphatic carbocycles. The first-order chi connectivity index (χ1) is 6.83. The third kappa shape index (κ3) is 3.56. The lowest BCUT2D eigenvalue weighted by Gasteiger charge is -2.37. The van der Waals surface area contributed by atoms with E-state index in [0.717, 1.165) is 32.5 Å². The van der Waals surface area contributed by atoms with Crippen molar-refractivity contribution in [1.29, 1.82) is 0 Å². The average Bonchev–Trinajstić information content (AvgIpc) is 2.20. The molecule has 0 bridgehead atoms. The Morgan fingerprint density at radius 3 is 2.79 bits per heavy atom. The van der Waals surface area contributed by atoms with E-state index in [9.17, 15) is 0 Å². The van der Waals surface area contributed by atoms with Gasteiger partial charge in [0.1, 0.15) is 0 Å². The molecule has 1 saturated heterocycles. The molecule has 0 amide bonds. The van der Waals surface area contributed by atoms with Gasteiger partial charge in [-0.15, -0.1) is 0 Å². The molecule has 14 heavy (non-hydrogen) atoms. The number of hydrogen-bond acceptors (Lipinski definition) is 3. The van der Waals surface area contributed by atoms with Crippen molar-refractivity contribution in [2.24, 2.45) is 0 Å². The van der Waals surface area contributed by atoms with Crippen LogP contribution in [0.3, 0.4) is 0 Å². The number of morpholine rings is 1. The Labute approximate surface area is 86.8 Å². The molecule has 1 heterocycles. The summed E-state index contributed by atoms with van der Waals surface area (Å²) in [6.07, 6.45) is 5.55. The molecule has 0 spiro atoms. The molecule has 1 atom stereocenters. The largest absolute Gasteiger partial charge is 0.396 e. The fraction of sp³-hybridized carbons (Fsp3) is 1.00. The molecule has 0 aromatic rings. The summed E-state index contributed by atoms with van der Waals surface area (Å²) in [5, 5.41) is 12.4. The fourth-order valence-electron chi connectivity index (χ4n) is 2.05. The SMILES string of the molecule is CCCCCC1(CCO)CNCCO1. The third-order valence-corrected chi connectivity index (χ3v) is 2.94. The zero-order valence-electron chi connectivity index (χ0n) is 9.22. The molecular formula is C11H23NO2. The minimum Gasteiger partial charge on any atom is -0.396 e. The Morgan fingerprint density at radius 1 is 1.36 bits per heavy atom. The minimum atomic E-state index is -0.0812. The second-order valence-corrected chi connectivity index (χ2v) is 4.14. The van der Waals surface area contributed by atoms with Crippen molar-refractivity contribution in [3.8, 4) is 0 Å². The molecule has 0 aromatic carbocycles. The van der Waals surface area contributed by atoms with Crippen molar-refractivity contribution in [2.45, 2.75) is 44.6 Å². The summed E-state index contributed by atoms with van der Waals surface area (Å²) in [6.45, 7) is 5.07. The zero-order valence-corrected chi connectivity index (χ0v) is 9.22. The number of hydrogen-bond donors (Lipinski definition) is 2. The first kappa shape index (κ1) is 12.0. The van der Waals surface area contributed by atoms with Crippen molar-refractivity contribution in [3.63, 3.8) is 0 Å². The lowest BCUT2D eigenvalue weighted by molar-refractivity contribution is -0.0845. The maximum absolute atomic E-state index is 9.03. The number of nitrogens with one attached hydrogen (secondary N) is 1. The molecule has 1 aliphatic heterocycles. The van der Waals surface area contributed by atoms with E-state index in [4.69, 9.17) is 9.84 Å². The van der Waals surface area contributed by atoms with Crippen LogP contribution in [0, 0.1) is 0 Å². The Balaban J connectivity index is 2.34. The predicted molar refractivity (Wildman–Crippen MR) is 57.4 cm³/mol. The van der Waals surface area contributed by atoms with Crippen molar-refractivity contribution in [2.75, 3.05) is 26.3 Å². The first-order valence-electron chi connectivity index (χ1n) is 5.78. The third-order valence-electron chi connectivity index (χ3n) is 2.94. The van der Waals surface area contributed by atoms with Crippen LogP contribution in [0.2, 0.25) is 0 Å². The quantitative estimate of drug-likeness (QED) is 0.637. The first-order valence-corrected chi connectivity index (χ1v) is 5.78. The standard InChI is InChI=1S/C11H23NO2/c1-2-3-4-5-11(6-8-13)10-12-7-9-14-11/h12-13H,2-10H2,1H3. The summed E-state index contributed by atoms with van der Waals surface area (Å²) >= 11 is 0. The lowest BCUT2D eigenvalue weighted by Crippen LogP contribution is -2.50. The molecule has 1 unspecified atom stereocenters. The molecule has 2 N–H and O–H groups in total. The van der Waals surface area contributed by atoms with E-state index >= 15 is 0 Å². The second-order valence-electron chi connectivity index (χ2n) is 4.14. The number of ether oxygens (including phenoxy) is 1. The van der Waals surface area contributed by atoms with E-state index in [2.05, 4.69) is 12.2 Å². The van der Waals surface area contributed by atoms with Crippen LogP contribution in [-0.2, 0) is 4.74 Å². The average molecular weight is 201 g/mol. The van der Waals surface area contributed by atoms with E-state index in [1.165, 1.54) is 19.3 Å². The number of aliphatic hydroxyl groups excluding tert-OH is 1. The van der Waals surface area contributed by atoms with Gasteiger partial charge in [-0.1, -0.05) is 26.2 Å². The molecule has 1 fully saturated rings. The minimum absolute atomic E-state index is 0.0812. The molecule has 1 rings (SSSR count). The summed E-state index contributed by atoms with van der Waals surface area (Å²) in [6, 6.07) is 0. The van der Waals surface area contributed by atoms with Crippen LogP contribution in [0.15, 0.2) is 0 Å². The summed E-state index contributed by atoms with van der Waals surface area (Å²) in [5.74, 6) is 0. The van der Waals surface area contributed by atoms with Gasteiger partial charge in [-0.2, -0.15) is 0 Å². The van der Waals surface area contributed by atoms with Gasteiger partial charge in [0, 0.05) is 26.1 Å². The van der Waals surface area contributed by atoms with Crippen molar-refractivity contribution >= 4 is 0 Å². The second kappa shape index (κ2) is 6.38. The van der Waals surface area contributed by atoms with Gasteiger partial charge >= 0.3 is 0 Å². The van der Waals surface area contributed by atoms with Gasteiger partial charge in [0.05, 0.1) is 12.2 Å². The van der Waals surface area contributed by atoms with Gasteiger partial charge in [0.25, 0.3) is 0 Å². The maximum atomic E-state index is 9.03. The zero-order chi connectivity index (χ0) is 10.3. The van der Waals surface area contributed by atoms with Gasteiger partial charge in [-0.05, 0) is 6.42 Å². The van der Waals surface area contributed by atoms with Crippen LogP contribution in [0.25, 0.3) is 0 Å². The highest BCUT2D eigenvalue weighted by Crippen LogP contribution is 2.24. The van der Waals surface area contributed by atoms with Crippen LogP contribution in [-0.4, -0.2) is 37.0 Å².